The summed E-state index contributed by atoms with van der Waals surface area (Å²) in [6.45, 7) is 5.62. The zero-order chi connectivity index (χ0) is 17.1. The van der Waals surface area contributed by atoms with E-state index in [1.165, 1.54) is 22.5 Å². The van der Waals surface area contributed by atoms with Crippen molar-refractivity contribution < 1.29 is 4.74 Å². The van der Waals surface area contributed by atoms with Crippen molar-refractivity contribution in [3.63, 3.8) is 0 Å². The number of fused-ring (bicyclic) bond motifs is 1. The molecule has 2 aromatic heterocycles. The summed E-state index contributed by atoms with van der Waals surface area (Å²) >= 11 is 0. The number of ether oxygens (including phenoxy) is 1. The molecule has 0 aliphatic carbocycles. The number of nitrogens with one attached hydrogen (secondary N) is 1. The summed E-state index contributed by atoms with van der Waals surface area (Å²) in [5.41, 5.74) is 5.31. The molecule has 4 rings (SSSR count). The van der Waals surface area contributed by atoms with E-state index in [9.17, 15) is 0 Å². The lowest BCUT2D eigenvalue weighted by Gasteiger charge is -2.27. The van der Waals surface area contributed by atoms with Crippen molar-refractivity contribution in [1.29, 1.82) is 0 Å². The third-order valence-corrected chi connectivity index (χ3v) is 5.32. The molecule has 2 aliphatic heterocycles. The molecule has 2 aliphatic rings. The fraction of sp³-hybridized carbons (Fsp3) is 0.579. The average Bonchev–Trinajstić information content (AvgIpc) is 2.97. The fourth-order valence-electron chi connectivity index (χ4n) is 3.88. The lowest BCUT2D eigenvalue weighted by atomic mass is 10.0. The van der Waals surface area contributed by atoms with Crippen molar-refractivity contribution in [2.75, 3.05) is 19.8 Å². The minimum absolute atomic E-state index is 0.567. The van der Waals surface area contributed by atoms with E-state index in [-0.39, 0.29) is 0 Å². The van der Waals surface area contributed by atoms with Gasteiger partial charge in [-0.3, -0.25) is 14.6 Å². The first-order valence-electron chi connectivity index (χ1n) is 9.25. The molecule has 6 nitrogen and oxygen atoms in total. The summed E-state index contributed by atoms with van der Waals surface area (Å²) in [5, 5.41) is 8.48. The Morgan fingerprint density at radius 3 is 3.00 bits per heavy atom. The zero-order valence-electron chi connectivity index (χ0n) is 14.9. The molecular formula is C19H27N5O. The van der Waals surface area contributed by atoms with Gasteiger partial charge in [-0.05, 0) is 30.9 Å². The molecule has 1 fully saturated rings. The lowest BCUT2D eigenvalue weighted by Crippen LogP contribution is -2.35. The van der Waals surface area contributed by atoms with Gasteiger partial charge in [-0.15, -0.1) is 0 Å². The number of rotatable bonds is 5. The molecule has 1 N–H and O–H groups in total. The topological polar surface area (TPSA) is 55.2 Å². The van der Waals surface area contributed by atoms with Crippen molar-refractivity contribution in [3.05, 3.63) is 47.0 Å². The maximum Gasteiger partial charge on any atom is 0.0798 e. The molecule has 0 unspecified atom stereocenters. The van der Waals surface area contributed by atoms with Crippen molar-refractivity contribution in [1.82, 2.24) is 25.0 Å². The molecule has 0 saturated carbocycles. The van der Waals surface area contributed by atoms with Crippen LogP contribution in [0.15, 0.2) is 24.5 Å². The summed E-state index contributed by atoms with van der Waals surface area (Å²) in [6.07, 6.45) is 7.08. The van der Waals surface area contributed by atoms with E-state index in [1.54, 1.807) is 0 Å². The molecule has 4 heterocycles. The first-order chi connectivity index (χ1) is 12.3. The lowest BCUT2D eigenvalue weighted by molar-refractivity contribution is 0.0775. The van der Waals surface area contributed by atoms with Gasteiger partial charge in [0.25, 0.3) is 0 Å². The van der Waals surface area contributed by atoms with Gasteiger partial charge in [0.2, 0.25) is 0 Å². The van der Waals surface area contributed by atoms with Crippen LogP contribution in [0.25, 0.3) is 0 Å². The summed E-state index contributed by atoms with van der Waals surface area (Å²) in [5.74, 6) is 0. The van der Waals surface area contributed by atoms with Crippen LogP contribution < -0.4 is 5.32 Å². The second-order valence-electron chi connectivity index (χ2n) is 7.09. The summed E-state index contributed by atoms with van der Waals surface area (Å²) < 4.78 is 7.51. The molecule has 0 aromatic carbocycles. The Balaban J connectivity index is 1.40. The Kier molecular flexibility index (Phi) is 5.10. The first kappa shape index (κ1) is 16.7. The third-order valence-electron chi connectivity index (χ3n) is 5.32. The molecule has 0 amide bonds. The van der Waals surface area contributed by atoms with Gasteiger partial charge in [0, 0.05) is 70.4 Å². The Morgan fingerprint density at radius 2 is 2.20 bits per heavy atom. The van der Waals surface area contributed by atoms with Gasteiger partial charge < -0.3 is 10.1 Å². The minimum atomic E-state index is 0.567. The molecule has 25 heavy (non-hydrogen) atoms. The van der Waals surface area contributed by atoms with Crippen LogP contribution in [-0.4, -0.2) is 45.5 Å². The van der Waals surface area contributed by atoms with Crippen LogP contribution in [0.1, 0.15) is 35.4 Å². The smallest absolute Gasteiger partial charge is 0.0798 e. The molecule has 134 valence electrons. The van der Waals surface area contributed by atoms with Gasteiger partial charge in [0.05, 0.1) is 11.4 Å². The van der Waals surface area contributed by atoms with Gasteiger partial charge in [0.15, 0.2) is 0 Å². The highest BCUT2D eigenvalue weighted by Gasteiger charge is 2.24. The van der Waals surface area contributed by atoms with Crippen LogP contribution in [-0.2, 0) is 37.8 Å². The Hall–Kier alpha value is -1.76. The molecular weight excluding hydrogens is 314 g/mol. The SMILES string of the molecule is Cn1nc(CNC2CCOCC2)c2c1CN(Cc1cccnc1)CC2. The minimum Gasteiger partial charge on any atom is -0.381 e. The highest BCUT2D eigenvalue weighted by molar-refractivity contribution is 5.29. The van der Waals surface area contributed by atoms with E-state index in [2.05, 4.69) is 33.0 Å². The Morgan fingerprint density at radius 1 is 1.32 bits per heavy atom. The van der Waals surface area contributed by atoms with E-state index < -0.39 is 0 Å². The summed E-state index contributed by atoms with van der Waals surface area (Å²) in [6, 6.07) is 4.72. The van der Waals surface area contributed by atoms with Gasteiger partial charge in [-0.2, -0.15) is 5.10 Å². The number of nitrogens with zero attached hydrogens (tertiary/aromatic N) is 4. The summed E-state index contributed by atoms with van der Waals surface area (Å²) in [4.78, 5) is 6.71. The maximum absolute atomic E-state index is 5.44. The average molecular weight is 341 g/mol. The quantitative estimate of drug-likeness (QED) is 0.896. The van der Waals surface area contributed by atoms with E-state index in [1.807, 2.05) is 18.5 Å². The van der Waals surface area contributed by atoms with Crippen molar-refractivity contribution in [3.8, 4) is 0 Å². The maximum atomic E-state index is 5.44. The molecule has 0 bridgehead atoms. The second kappa shape index (κ2) is 7.64. The Bertz CT molecular complexity index is 693. The standard InChI is InChI=1S/C19H27N5O/c1-23-19-14-24(13-15-3-2-7-20-11-15)8-4-17(19)18(22-23)12-21-16-5-9-25-10-6-16/h2-3,7,11,16,21H,4-6,8-10,12-14H2,1H3. The highest BCUT2D eigenvalue weighted by Crippen LogP contribution is 2.23. The van der Waals surface area contributed by atoms with Crippen molar-refractivity contribution >= 4 is 0 Å². The molecule has 0 atom stereocenters. The van der Waals surface area contributed by atoms with Crippen LogP contribution in [0.3, 0.4) is 0 Å². The number of aromatic nitrogens is 3. The summed E-state index contributed by atoms with van der Waals surface area (Å²) in [7, 11) is 2.07. The Labute approximate surface area is 149 Å². The van der Waals surface area contributed by atoms with Crippen LogP contribution in [0.4, 0.5) is 0 Å². The van der Waals surface area contributed by atoms with Gasteiger partial charge in [0.1, 0.15) is 0 Å². The molecule has 6 heteroatoms. The van der Waals surface area contributed by atoms with E-state index in [0.717, 1.165) is 58.7 Å². The van der Waals surface area contributed by atoms with Crippen LogP contribution in [0.5, 0.6) is 0 Å². The molecule has 2 aromatic rings. The van der Waals surface area contributed by atoms with Crippen molar-refractivity contribution in [2.24, 2.45) is 7.05 Å². The highest BCUT2D eigenvalue weighted by atomic mass is 16.5. The third kappa shape index (κ3) is 3.92. The van der Waals surface area contributed by atoms with Crippen LogP contribution in [0, 0.1) is 0 Å². The normalized spacial score (nSPS) is 19.1. The van der Waals surface area contributed by atoms with Crippen molar-refractivity contribution in [2.45, 2.75) is 44.9 Å². The predicted molar refractivity (Wildman–Crippen MR) is 95.9 cm³/mol. The number of aryl methyl sites for hydroxylation is 1. The molecule has 1 saturated heterocycles. The van der Waals surface area contributed by atoms with E-state index >= 15 is 0 Å². The van der Waals surface area contributed by atoms with E-state index in [0.29, 0.717) is 6.04 Å². The molecule has 0 radical (unpaired) electrons. The predicted octanol–water partition coefficient (Wildman–Crippen LogP) is 1.64. The largest absolute Gasteiger partial charge is 0.381 e. The second-order valence-corrected chi connectivity index (χ2v) is 7.09. The number of pyridine rings is 1. The van der Waals surface area contributed by atoms with Gasteiger partial charge >= 0.3 is 0 Å². The van der Waals surface area contributed by atoms with Gasteiger partial charge in [-0.25, -0.2) is 0 Å². The van der Waals surface area contributed by atoms with Crippen LogP contribution >= 0.6 is 0 Å². The van der Waals surface area contributed by atoms with Gasteiger partial charge in [-0.1, -0.05) is 6.07 Å². The fourth-order valence-corrected chi connectivity index (χ4v) is 3.88. The zero-order valence-corrected chi connectivity index (χ0v) is 14.9. The number of hydrogen-bond acceptors (Lipinski definition) is 5. The monoisotopic (exact) mass is 341 g/mol. The number of hydrogen-bond donors (Lipinski definition) is 1. The van der Waals surface area contributed by atoms with E-state index in [4.69, 9.17) is 9.84 Å². The molecule has 0 spiro atoms. The van der Waals surface area contributed by atoms with Crippen LogP contribution in [0.2, 0.25) is 0 Å². The first-order valence-corrected chi connectivity index (χ1v) is 9.25.